The summed E-state index contributed by atoms with van der Waals surface area (Å²) in [6.45, 7) is 4.86. The van der Waals surface area contributed by atoms with Gasteiger partial charge in [-0.05, 0) is 26.2 Å². The molecule has 13 N–H and O–H groups in total. The SMILES string of the molecule is CC(C)C[C@H](NC(=O)[C@@H](NC(=O)[C@H](CC(=O)O)NC(=O)[C@H](CO)NC(=O)[C@H](C)NC(=O)[C@@H](N)CS)[C@@H](C)O)C(=O)N[C@@H](CS)C(N)=O. The Morgan fingerprint density at radius 1 is 0.660 bits per heavy atom. The molecule has 0 aromatic rings. The molecule has 0 unspecified atom stereocenters. The normalized spacial score (nSPS) is 16.1. The van der Waals surface area contributed by atoms with Crippen LogP contribution in [0.3, 0.4) is 0 Å². The van der Waals surface area contributed by atoms with Crippen molar-refractivity contribution in [2.24, 2.45) is 17.4 Å². The Bertz CT molecular complexity index is 1140. The quantitative estimate of drug-likeness (QED) is 0.0496. The molecule has 0 heterocycles. The Morgan fingerprint density at radius 2 is 1.15 bits per heavy atom. The third kappa shape index (κ3) is 15.7. The zero-order valence-corrected chi connectivity index (χ0v) is 28.2. The fraction of sp³-hybridized carbons (Fsp3) is 0.692. The number of hydrogen-bond acceptors (Lipinski definition) is 13. The number of carbonyl (C=O) groups is 8. The second-order valence-corrected chi connectivity index (χ2v) is 11.7. The summed E-state index contributed by atoms with van der Waals surface area (Å²) < 4.78 is 0. The molecule has 268 valence electrons. The minimum Gasteiger partial charge on any atom is -0.481 e. The van der Waals surface area contributed by atoms with E-state index < -0.39 is 109 Å². The summed E-state index contributed by atoms with van der Waals surface area (Å²) in [5, 5.41) is 42.7. The monoisotopic (exact) mass is 710 g/mol. The number of nitrogens with two attached hydrogens (primary N) is 2. The van der Waals surface area contributed by atoms with E-state index >= 15 is 0 Å². The first kappa shape index (κ1) is 43.3. The molecular weight excluding hydrogens is 664 g/mol. The number of nitrogens with one attached hydrogen (secondary N) is 6. The molecule has 47 heavy (non-hydrogen) atoms. The van der Waals surface area contributed by atoms with Crippen molar-refractivity contribution in [3.63, 3.8) is 0 Å². The van der Waals surface area contributed by atoms with E-state index in [0.29, 0.717) is 0 Å². The smallest absolute Gasteiger partial charge is 0.305 e. The third-order valence-electron chi connectivity index (χ3n) is 6.36. The van der Waals surface area contributed by atoms with Gasteiger partial charge in [0.15, 0.2) is 0 Å². The predicted molar refractivity (Wildman–Crippen MR) is 173 cm³/mol. The van der Waals surface area contributed by atoms with E-state index in [1.165, 1.54) is 6.92 Å². The Hall–Kier alpha value is -3.66. The molecule has 0 aromatic carbocycles. The average molecular weight is 711 g/mol. The van der Waals surface area contributed by atoms with Crippen LogP contribution < -0.4 is 43.4 Å². The molecule has 0 aliphatic rings. The van der Waals surface area contributed by atoms with Crippen LogP contribution in [0.5, 0.6) is 0 Å². The molecule has 19 nitrogen and oxygen atoms in total. The lowest BCUT2D eigenvalue weighted by Crippen LogP contribution is -2.62. The molecule has 0 aliphatic carbocycles. The van der Waals surface area contributed by atoms with Gasteiger partial charge in [-0.15, -0.1) is 0 Å². The molecule has 7 amide bonds. The molecule has 0 bridgehead atoms. The van der Waals surface area contributed by atoms with Crippen LogP contribution in [-0.2, 0) is 38.4 Å². The second kappa shape index (κ2) is 21.3. The lowest BCUT2D eigenvalue weighted by atomic mass is 10.0. The molecule has 0 aromatic heterocycles. The van der Waals surface area contributed by atoms with Gasteiger partial charge in [0.25, 0.3) is 0 Å². The molecular formula is C26H46N8O11S2. The van der Waals surface area contributed by atoms with Gasteiger partial charge in [-0.3, -0.25) is 38.4 Å². The van der Waals surface area contributed by atoms with Gasteiger partial charge in [-0.1, -0.05) is 13.8 Å². The Balaban J connectivity index is 5.84. The molecule has 0 fully saturated rings. The van der Waals surface area contributed by atoms with Crippen molar-refractivity contribution >= 4 is 72.6 Å². The summed E-state index contributed by atoms with van der Waals surface area (Å²) in [5.74, 6) is -8.71. The van der Waals surface area contributed by atoms with Gasteiger partial charge in [0.05, 0.1) is 25.2 Å². The molecule has 0 rings (SSSR count). The van der Waals surface area contributed by atoms with Crippen molar-refractivity contribution < 1.29 is 53.7 Å². The van der Waals surface area contributed by atoms with Crippen molar-refractivity contribution in [3.05, 3.63) is 0 Å². The number of carboxylic acids is 1. The zero-order valence-electron chi connectivity index (χ0n) is 26.4. The number of amides is 7. The Labute approximate surface area is 282 Å². The zero-order chi connectivity index (χ0) is 36.6. The minimum absolute atomic E-state index is 0.0197. The lowest BCUT2D eigenvalue weighted by Gasteiger charge is -2.28. The van der Waals surface area contributed by atoms with E-state index in [2.05, 4.69) is 57.2 Å². The minimum atomic E-state index is -1.88. The number of aliphatic carboxylic acids is 1. The van der Waals surface area contributed by atoms with Crippen LogP contribution in [0.25, 0.3) is 0 Å². The number of carboxylic acid groups (broad SMARTS) is 1. The van der Waals surface area contributed by atoms with Gasteiger partial charge in [0.1, 0.15) is 36.3 Å². The molecule has 0 radical (unpaired) electrons. The van der Waals surface area contributed by atoms with Crippen LogP contribution in [0.4, 0.5) is 0 Å². The molecule has 0 saturated carbocycles. The number of aliphatic hydroxyl groups excluding tert-OH is 2. The van der Waals surface area contributed by atoms with Crippen LogP contribution in [0.2, 0.25) is 0 Å². The number of thiol groups is 2. The van der Waals surface area contributed by atoms with E-state index in [9.17, 15) is 53.7 Å². The highest BCUT2D eigenvalue weighted by Gasteiger charge is 2.35. The number of rotatable bonds is 21. The van der Waals surface area contributed by atoms with E-state index in [1.807, 2.05) is 0 Å². The maximum Gasteiger partial charge on any atom is 0.305 e. The first-order valence-corrected chi connectivity index (χ1v) is 15.6. The van der Waals surface area contributed by atoms with Crippen molar-refractivity contribution in [2.75, 3.05) is 18.1 Å². The lowest BCUT2D eigenvalue weighted by molar-refractivity contribution is -0.142. The van der Waals surface area contributed by atoms with Crippen molar-refractivity contribution in [3.8, 4) is 0 Å². The maximum absolute atomic E-state index is 13.2. The summed E-state index contributed by atoms with van der Waals surface area (Å²) >= 11 is 7.84. The molecule has 8 atom stereocenters. The van der Waals surface area contributed by atoms with Gasteiger partial charge in [-0.2, -0.15) is 25.3 Å². The predicted octanol–water partition coefficient (Wildman–Crippen LogP) is -5.52. The Morgan fingerprint density at radius 3 is 1.60 bits per heavy atom. The van der Waals surface area contributed by atoms with E-state index in [0.717, 1.165) is 6.92 Å². The highest BCUT2D eigenvalue weighted by atomic mass is 32.1. The van der Waals surface area contributed by atoms with Gasteiger partial charge < -0.3 is 58.7 Å². The first-order valence-electron chi connectivity index (χ1n) is 14.4. The van der Waals surface area contributed by atoms with Gasteiger partial charge >= 0.3 is 5.97 Å². The maximum atomic E-state index is 13.2. The van der Waals surface area contributed by atoms with Crippen LogP contribution in [0.15, 0.2) is 0 Å². The highest BCUT2D eigenvalue weighted by Crippen LogP contribution is 2.08. The summed E-state index contributed by atoms with van der Waals surface area (Å²) in [6, 6.07) is -10.0. The van der Waals surface area contributed by atoms with Gasteiger partial charge in [-0.25, -0.2) is 0 Å². The fourth-order valence-corrected chi connectivity index (χ4v) is 4.16. The topological polar surface area (TPSA) is 321 Å². The van der Waals surface area contributed by atoms with Crippen molar-refractivity contribution in [1.29, 1.82) is 0 Å². The van der Waals surface area contributed by atoms with E-state index in [4.69, 9.17) is 11.5 Å². The third-order valence-corrected chi connectivity index (χ3v) is 7.12. The largest absolute Gasteiger partial charge is 0.481 e. The van der Waals surface area contributed by atoms with Crippen LogP contribution in [0, 0.1) is 5.92 Å². The molecule has 0 aliphatic heterocycles. The molecule has 0 saturated heterocycles. The average Bonchev–Trinajstić information content (AvgIpc) is 2.98. The molecule has 21 heteroatoms. The summed E-state index contributed by atoms with van der Waals surface area (Å²) in [4.78, 5) is 99.4. The summed E-state index contributed by atoms with van der Waals surface area (Å²) in [7, 11) is 0. The highest BCUT2D eigenvalue weighted by molar-refractivity contribution is 7.80. The number of hydrogen-bond donors (Lipinski definition) is 13. The Kier molecular flexibility index (Phi) is 19.6. The van der Waals surface area contributed by atoms with E-state index in [1.54, 1.807) is 13.8 Å². The summed E-state index contributed by atoms with van der Waals surface area (Å²) in [5.41, 5.74) is 10.8. The van der Waals surface area contributed by atoms with Crippen LogP contribution in [0.1, 0.15) is 40.5 Å². The fourth-order valence-electron chi connectivity index (χ4n) is 3.72. The van der Waals surface area contributed by atoms with Crippen molar-refractivity contribution in [1.82, 2.24) is 31.9 Å². The summed E-state index contributed by atoms with van der Waals surface area (Å²) in [6.07, 6.45) is -2.56. The van der Waals surface area contributed by atoms with Gasteiger partial charge in [0.2, 0.25) is 41.4 Å². The second-order valence-electron chi connectivity index (χ2n) is 11.0. The number of carbonyl (C=O) groups excluding carboxylic acids is 7. The number of aliphatic hydroxyl groups is 2. The van der Waals surface area contributed by atoms with Crippen molar-refractivity contribution in [2.45, 2.75) is 88.9 Å². The molecule has 0 spiro atoms. The van der Waals surface area contributed by atoms with Gasteiger partial charge in [0, 0.05) is 11.5 Å². The van der Waals surface area contributed by atoms with E-state index in [-0.39, 0.29) is 23.8 Å². The standard InChI is InChI=1S/C26H46N8O11S2/c1-10(2)5-14(23(42)33-17(9-47)20(28)39)31-26(45)19(12(4)36)34-24(43)15(6-18(37)38)30-25(44)16(7-35)32-21(40)11(3)29-22(41)13(27)8-46/h10-17,19,35-36,46-47H,5-9,27H2,1-4H3,(H2,28,39)(H,29,41)(H,30,44)(H,31,45)(H,32,40)(H,33,42)(H,34,43)(H,37,38)/t11-,12+,13-,14-,15-,16-,17-,19-/m0/s1. The van der Waals surface area contributed by atoms with Crippen LogP contribution >= 0.6 is 25.3 Å². The first-order chi connectivity index (χ1) is 21.8. The number of primary amides is 1. The van der Waals surface area contributed by atoms with Crippen LogP contribution in [-0.4, -0.2) is 129 Å².